The second kappa shape index (κ2) is 4.45. The first kappa shape index (κ1) is 13.7. The van der Waals surface area contributed by atoms with Crippen LogP contribution in [0.2, 0.25) is 0 Å². The minimum Gasteiger partial charge on any atom is -0.461 e. The number of carbonyl (C=O) groups is 1. The largest absolute Gasteiger partial charge is 0.461 e. The fourth-order valence-electron chi connectivity index (χ4n) is 2.71. The van der Waals surface area contributed by atoms with Gasteiger partial charge in [0.05, 0.1) is 12.3 Å². The van der Waals surface area contributed by atoms with E-state index in [0.29, 0.717) is 12.2 Å². The number of esters is 1. The zero-order chi connectivity index (χ0) is 14.3. The van der Waals surface area contributed by atoms with Crippen molar-refractivity contribution in [2.24, 2.45) is 16.7 Å². The maximum atomic E-state index is 12.0. The molecule has 1 aromatic heterocycles. The van der Waals surface area contributed by atoms with Crippen molar-refractivity contribution in [3.63, 3.8) is 0 Å². The van der Waals surface area contributed by atoms with Gasteiger partial charge in [-0.05, 0) is 23.0 Å². The van der Waals surface area contributed by atoms with Gasteiger partial charge in [0.15, 0.2) is 0 Å². The van der Waals surface area contributed by atoms with Gasteiger partial charge in [0.1, 0.15) is 18.1 Å². The number of furan rings is 1. The van der Waals surface area contributed by atoms with Crippen molar-refractivity contribution in [2.45, 2.75) is 40.7 Å². The molecule has 0 bridgehead atoms. The summed E-state index contributed by atoms with van der Waals surface area (Å²) in [5.41, 5.74) is 0.00372. The van der Waals surface area contributed by atoms with E-state index in [2.05, 4.69) is 33.6 Å². The highest BCUT2D eigenvalue weighted by Gasteiger charge is 2.69. The van der Waals surface area contributed by atoms with Gasteiger partial charge in [0.25, 0.3) is 0 Å². The first-order valence-corrected chi connectivity index (χ1v) is 6.48. The van der Waals surface area contributed by atoms with Crippen molar-refractivity contribution in [3.8, 4) is 12.3 Å². The van der Waals surface area contributed by atoms with Crippen LogP contribution >= 0.6 is 0 Å². The fourth-order valence-corrected chi connectivity index (χ4v) is 2.71. The molecule has 1 aromatic rings. The first-order chi connectivity index (χ1) is 8.80. The van der Waals surface area contributed by atoms with Crippen LogP contribution in [-0.4, -0.2) is 5.97 Å². The van der Waals surface area contributed by atoms with E-state index < -0.39 is 0 Å². The zero-order valence-corrected chi connectivity index (χ0v) is 11.9. The Kier molecular flexibility index (Phi) is 3.22. The highest BCUT2D eigenvalue weighted by Crippen LogP contribution is 2.68. The van der Waals surface area contributed by atoms with Crippen LogP contribution in [0.3, 0.4) is 0 Å². The van der Waals surface area contributed by atoms with E-state index in [1.165, 1.54) is 0 Å². The molecule has 19 heavy (non-hydrogen) atoms. The van der Waals surface area contributed by atoms with Crippen LogP contribution in [0, 0.1) is 29.1 Å². The Bertz CT molecular complexity index is 514. The Morgan fingerprint density at radius 2 is 1.89 bits per heavy atom. The topological polar surface area (TPSA) is 39.4 Å². The average Bonchev–Trinajstić information content (AvgIpc) is 2.67. The van der Waals surface area contributed by atoms with E-state index in [1.807, 2.05) is 6.07 Å². The van der Waals surface area contributed by atoms with Crippen molar-refractivity contribution in [1.82, 2.24) is 0 Å². The van der Waals surface area contributed by atoms with E-state index in [4.69, 9.17) is 15.6 Å². The van der Waals surface area contributed by atoms with Crippen LogP contribution in [-0.2, 0) is 22.6 Å². The molecule has 1 aliphatic carbocycles. The number of carbonyl (C=O) groups excluding carboxylic acids is 1. The van der Waals surface area contributed by atoms with Gasteiger partial charge >= 0.3 is 5.97 Å². The minimum absolute atomic E-state index is 0.00186. The fraction of sp³-hybridized carbons (Fsp3) is 0.562. The number of ether oxygens (including phenoxy) is 1. The monoisotopic (exact) mass is 260 g/mol. The maximum Gasteiger partial charge on any atom is 0.310 e. The lowest BCUT2D eigenvalue weighted by atomic mass is 10.0. The Balaban J connectivity index is 1.90. The summed E-state index contributed by atoms with van der Waals surface area (Å²) < 4.78 is 10.8. The van der Waals surface area contributed by atoms with Crippen molar-refractivity contribution >= 4 is 5.97 Å². The van der Waals surface area contributed by atoms with Crippen LogP contribution < -0.4 is 0 Å². The lowest BCUT2D eigenvalue weighted by Gasteiger charge is -2.03. The summed E-state index contributed by atoms with van der Waals surface area (Å²) in [6.45, 7) is 8.55. The third-order valence-corrected chi connectivity index (χ3v) is 4.61. The lowest BCUT2D eigenvalue weighted by Crippen LogP contribution is -2.11. The van der Waals surface area contributed by atoms with Crippen LogP contribution in [0.4, 0.5) is 0 Å². The Hall–Kier alpha value is -1.69. The summed E-state index contributed by atoms with van der Waals surface area (Å²) in [4.78, 5) is 12.0. The molecule has 2 rings (SSSR count). The summed E-state index contributed by atoms with van der Waals surface area (Å²) in [5, 5.41) is 0. The summed E-state index contributed by atoms with van der Waals surface area (Å²) in [6.07, 6.45) is 5.66. The number of hydrogen-bond donors (Lipinski definition) is 0. The molecule has 0 unspecified atom stereocenters. The van der Waals surface area contributed by atoms with Crippen molar-refractivity contribution in [1.29, 1.82) is 0 Å². The smallest absolute Gasteiger partial charge is 0.310 e. The third kappa shape index (κ3) is 2.28. The Morgan fingerprint density at radius 3 is 2.42 bits per heavy atom. The molecule has 3 heteroatoms. The number of rotatable bonds is 4. The van der Waals surface area contributed by atoms with Crippen molar-refractivity contribution < 1.29 is 13.9 Å². The average molecular weight is 260 g/mol. The quantitative estimate of drug-likeness (QED) is 0.616. The standard InChI is InChI=1S/C16H20O3/c1-6-7-11-8-9-12(19-11)10-18-14(17)13-15(2,3)16(13,4)5/h1,8-9,13H,7,10H2,2-5H3. The number of terminal acetylenes is 1. The molecular weight excluding hydrogens is 240 g/mol. The zero-order valence-electron chi connectivity index (χ0n) is 11.9. The molecule has 1 fully saturated rings. The van der Waals surface area contributed by atoms with Gasteiger partial charge in [-0.15, -0.1) is 6.42 Å². The molecule has 102 valence electrons. The molecular formula is C16H20O3. The predicted molar refractivity (Wildman–Crippen MR) is 72.1 cm³/mol. The molecule has 0 radical (unpaired) electrons. The van der Waals surface area contributed by atoms with Crippen molar-refractivity contribution in [3.05, 3.63) is 23.7 Å². The molecule has 0 atom stereocenters. The van der Waals surface area contributed by atoms with E-state index in [1.54, 1.807) is 6.07 Å². The molecule has 0 N–H and O–H groups in total. The van der Waals surface area contributed by atoms with Crippen LogP contribution in [0.5, 0.6) is 0 Å². The summed E-state index contributed by atoms with van der Waals surface area (Å²) in [5.74, 6) is 3.68. The van der Waals surface area contributed by atoms with Gasteiger partial charge in [-0.25, -0.2) is 0 Å². The molecule has 0 aliphatic heterocycles. The van der Waals surface area contributed by atoms with E-state index in [0.717, 1.165) is 5.76 Å². The Labute approximate surface area is 114 Å². The lowest BCUT2D eigenvalue weighted by molar-refractivity contribution is -0.148. The van der Waals surface area contributed by atoms with Crippen LogP contribution in [0.1, 0.15) is 39.2 Å². The van der Waals surface area contributed by atoms with E-state index in [-0.39, 0.29) is 29.3 Å². The summed E-state index contributed by atoms with van der Waals surface area (Å²) in [6, 6.07) is 3.61. The second-order valence-electron chi connectivity index (χ2n) is 6.23. The van der Waals surface area contributed by atoms with Crippen LogP contribution in [0.15, 0.2) is 16.5 Å². The van der Waals surface area contributed by atoms with Gasteiger partial charge in [0, 0.05) is 0 Å². The number of hydrogen-bond acceptors (Lipinski definition) is 3. The molecule has 0 spiro atoms. The molecule has 3 nitrogen and oxygen atoms in total. The normalized spacial score (nSPS) is 19.7. The molecule has 1 aliphatic rings. The van der Waals surface area contributed by atoms with E-state index in [9.17, 15) is 4.79 Å². The predicted octanol–water partition coefficient (Wildman–Crippen LogP) is 3.18. The molecule has 0 aromatic carbocycles. The highest BCUT2D eigenvalue weighted by atomic mass is 16.5. The maximum absolute atomic E-state index is 12.0. The first-order valence-electron chi connectivity index (χ1n) is 6.48. The van der Waals surface area contributed by atoms with Gasteiger partial charge in [-0.3, -0.25) is 4.79 Å². The Morgan fingerprint density at radius 1 is 1.32 bits per heavy atom. The van der Waals surface area contributed by atoms with Gasteiger partial charge < -0.3 is 9.15 Å². The van der Waals surface area contributed by atoms with Crippen LogP contribution in [0.25, 0.3) is 0 Å². The van der Waals surface area contributed by atoms with Crippen molar-refractivity contribution in [2.75, 3.05) is 0 Å². The second-order valence-corrected chi connectivity index (χ2v) is 6.23. The molecule has 1 heterocycles. The van der Waals surface area contributed by atoms with Gasteiger partial charge in [0.2, 0.25) is 0 Å². The SMILES string of the molecule is C#CCc1ccc(COC(=O)C2C(C)(C)C2(C)C)o1. The third-order valence-electron chi connectivity index (χ3n) is 4.61. The van der Waals surface area contributed by atoms with Gasteiger partial charge in [-0.2, -0.15) is 0 Å². The van der Waals surface area contributed by atoms with Gasteiger partial charge in [-0.1, -0.05) is 33.6 Å². The molecule has 1 saturated carbocycles. The molecule has 0 amide bonds. The summed E-state index contributed by atoms with van der Waals surface area (Å²) >= 11 is 0. The minimum atomic E-state index is -0.148. The molecule has 0 saturated heterocycles. The summed E-state index contributed by atoms with van der Waals surface area (Å²) in [7, 11) is 0. The van der Waals surface area contributed by atoms with E-state index >= 15 is 0 Å². The highest BCUT2D eigenvalue weighted by molar-refractivity contribution is 5.78.